The van der Waals surface area contributed by atoms with E-state index in [1.165, 1.54) is 4.90 Å². The number of ketones is 1. The van der Waals surface area contributed by atoms with E-state index in [0.717, 1.165) is 17.2 Å². The van der Waals surface area contributed by atoms with Crippen molar-refractivity contribution in [3.8, 4) is 11.5 Å². The van der Waals surface area contributed by atoms with Crippen molar-refractivity contribution in [1.82, 2.24) is 0 Å². The second kappa shape index (κ2) is 10.2. The van der Waals surface area contributed by atoms with E-state index in [4.69, 9.17) is 9.47 Å². The number of benzene rings is 4. The molecule has 1 aliphatic heterocycles. The van der Waals surface area contributed by atoms with Gasteiger partial charge in [0.05, 0.1) is 25.3 Å². The molecule has 1 N–H and O–H groups in total. The van der Waals surface area contributed by atoms with Crippen LogP contribution in [0.15, 0.2) is 96.6 Å². The maximum Gasteiger partial charge on any atom is 0.300 e. The first-order chi connectivity index (χ1) is 18.0. The van der Waals surface area contributed by atoms with Crippen LogP contribution in [0.5, 0.6) is 11.5 Å². The number of aliphatic hydroxyl groups is 1. The van der Waals surface area contributed by atoms with Gasteiger partial charge in [0, 0.05) is 17.3 Å². The molecular formula is C31H27NO5. The molecule has 1 atom stereocenters. The molecular weight excluding hydrogens is 466 g/mol. The van der Waals surface area contributed by atoms with Crippen LogP contribution in [0.1, 0.15) is 30.5 Å². The summed E-state index contributed by atoms with van der Waals surface area (Å²) in [5.74, 6) is -0.516. The summed E-state index contributed by atoms with van der Waals surface area (Å²) in [6.07, 6.45) is 0.837. The molecule has 5 rings (SSSR count). The SMILES string of the molecule is CCCOc1cccc(N2C(=O)C(=O)/C(=C(\O)c3cccc4ccccc34)C2c2cccc(OC)c2)c1. The number of fused-ring (bicyclic) bond motifs is 1. The Morgan fingerprint density at radius 1 is 0.892 bits per heavy atom. The minimum absolute atomic E-state index is 0.0227. The zero-order valence-corrected chi connectivity index (χ0v) is 20.7. The van der Waals surface area contributed by atoms with Gasteiger partial charge in [-0.2, -0.15) is 0 Å². The summed E-state index contributed by atoms with van der Waals surface area (Å²) in [4.78, 5) is 28.5. The van der Waals surface area contributed by atoms with Crippen LogP contribution in [0.3, 0.4) is 0 Å². The van der Waals surface area contributed by atoms with Crippen molar-refractivity contribution in [2.75, 3.05) is 18.6 Å². The fraction of sp³-hybridized carbons (Fsp3) is 0.161. The largest absolute Gasteiger partial charge is 0.507 e. The third kappa shape index (κ3) is 4.42. The lowest BCUT2D eigenvalue weighted by Gasteiger charge is -2.26. The lowest BCUT2D eigenvalue weighted by Crippen LogP contribution is -2.29. The van der Waals surface area contributed by atoms with E-state index in [2.05, 4.69) is 0 Å². The molecule has 1 aliphatic rings. The zero-order valence-electron chi connectivity index (χ0n) is 20.7. The Kier molecular flexibility index (Phi) is 6.64. The molecule has 0 radical (unpaired) electrons. The van der Waals surface area contributed by atoms with Crippen LogP contribution in [0, 0.1) is 0 Å². The Balaban J connectivity index is 1.73. The van der Waals surface area contributed by atoms with E-state index in [9.17, 15) is 14.7 Å². The van der Waals surface area contributed by atoms with Gasteiger partial charge in [0.15, 0.2) is 0 Å². The number of methoxy groups -OCH3 is 1. The summed E-state index contributed by atoms with van der Waals surface area (Å²) >= 11 is 0. The van der Waals surface area contributed by atoms with Gasteiger partial charge in [0.1, 0.15) is 17.3 Å². The highest BCUT2D eigenvalue weighted by molar-refractivity contribution is 6.51. The molecule has 0 saturated carbocycles. The number of hydrogen-bond acceptors (Lipinski definition) is 5. The van der Waals surface area contributed by atoms with Gasteiger partial charge in [-0.05, 0) is 47.0 Å². The predicted octanol–water partition coefficient (Wildman–Crippen LogP) is 6.26. The highest BCUT2D eigenvalue weighted by atomic mass is 16.5. The normalized spacial score (nSPS) is 16.8. The lowest BCUT2D eigenvalue weighted by molar-refractivity contribution is -0.132. The van der Waals surface area contributed by atoms with E-state index in [-0.39, 0.29) is 11.3 Å². The summed E-state index contributed by atoms with van der Waals surface area (Å²) in [7, 11) is 1.56. The topological polar surface area (TPSA) is 76.1 Å². The third-order valence-corrected chi connectivity index (χ3v) is 6.47. The van der Waals surface area contributed by atoms with Crippen LogP contribution < -0.4 is 14.4 Å². The molecule has 0 spiro atoms. The van der Waals surface area contributed by atoms with Crippen molar-refractivity contribution in [1.29, 1.82) is 0 Å². The molecule has 1 saturated heterocycles. The number of nitrogens with zero attached hydrogens (tertiary/aromatic N) is 1. The minimum Gasteiger partial charge on any atom is -0.507 e. The van der Waals surface area contributed by atoms with Gasteiger partial charge in [0.25, 0.3) is 11.7 Å². The first kappa shape index (κ1) is 24.1. The number of hydrogen-bond donors (Lipinski definition) is 1. The van der Waals surface area contributed by atoms with Crippen LogP contribution >= 0.6 is 0 Å². The fourth-order valence-corrected chi connectivity index (χ4v) is 4.75. The van der Waals surface area contributed by atoms with Crippen LogP contribution in [0.25, 0.3) is 16.5 Å². The smallest absolute Gasteiger partial charge is 0.300 e. The number of anilines is 1. The summed E-state index contributed by atoms with van der Waals surface area (Å²) in [6.45, 7) is 2.54. The summed E-state index contributed by atoms with van der Waals surface area (Å²) < 4.78 is 11.2. The van der Waals surface area contributed by atoms with Crippen LogP contribution in [-0.4, -0.2) is 30.5 Å². The quantitative estimate of drug-likeness (QED) is 0.187. The minimum atomic E-state index is -0.865. The van der Waals surface area contributed by atoms with E-state index in [0.29, 0.717) is 34.9 Å². The van der Waals surface area contributed by atoms with E-state index >= 15 is 0 Å². The van der Waals surface area contributed by atoms with Gasteiger partial charge < -0.3 is 14.6 Å². The van der Waals surface area contributed by atoms with E-state index in [1.807, 2.05) is 55.5 Å². The maximum absolute atomic E-state index is 13.6. The number of carbonyl (C=O) groups is 2. The molecule has 0 aromatic heterocycles. The Hall–Kier alpha value is -4.58. The van der Waals surface area contributed by atoms with Gasteiger partial charge >= 0.3 is 0 Å². The second-order valence-electron chi connectivity index (χ2n) is 8.82. The first-order valence-corrected chi connectivity index (χ1v) is 12.2. The lowest BCUT2D eigenvalue weighted by atomic mass is 9.93. The molecule has 6 nitrogen and oxygen atoms in total. The summed E-state index contributed by atoms with van der Waals surface area (Å²) in [5, 5.41) is 13.3. The van der Waals surface area contributed by atoms with Gasteiger partial charge in [-0.3, -0.25) is 14.5 Å². The van der Waals surface area contributed by atoms with Crippen molar-refractivity contribution in [2.24, 2.45) is 0 Å². The third-order valence-electron chi connectivity index (χ3n) is 6.47. The Morgan fingerprint density at radius 2 is 1.62 bits per heavy atom. The molecule has 0 aliphatic carbocycles. The Labute approximate surface area is 215 Å². The van der Waals surface area contributed by atoms with Crippen molar-refractivity contribution in [2.45, 2.75) is 19.4 Å². The van der Waals surface area contributed by atoms with E-state index in [1.54, 1.807) is 49.6 Å². The number of aliphatic hydroxyl groups excluding tert-OH is 1. The van der Waals surface area contributed by atoms with Gasteiger partial charge in [-0.1, -0.05) is 67.6 Å². The zero-order chi connectivity index (χ0) is 25.9. The molecule has 4 aromatic carbocycles. The molecule has 6 heteroatoms. The number of rotatable bonds is 7. The van der Waals surface area contributed by atoms with Crippen LogP contribution in [-0.2, 0) is 9.59 Å². The number of Topliss-reactive ketones (excluding diaryl/α,β-unsaturated/α-hetero) is 1. The molecule has 0 bridgehead atoms. The van der Waals surface area contributed by atoms with Crippen molar-refractivity contribution in [3.05, 3.63) is 108 Å². The summed E-state index contributed by atoms with van der Waals surface area (Å²) in [5.41, 5.74) is 1.65. The Morgan fingerprint density at radius 3 is 2.43 bits per heavy atom. The first-order valence-electron chi connectivity index (χ1n) is 12.2. The summed E-state index contributed by atoms with van der Waals surface area (Å²) in [6, 6.07) is 26.5. The number of amides is 1. The van der Waals surface area contributed by atoms with Crippen molar-refractivity contribution >= 4 is 33.9 Å². The van der Waals surface area contributed by atoms with Crippen LogP contribution in [0.4, 0.5) is 5.69 Å². The molecule has 1 amide bonds. The fourth-order valence-electron chi connectivity index (χ4n) is 4.75. The molecule has 1 fully saturated rings. The van der Waals surface area contributed by atoms with E-state index < -0.39 is 17.7 Å². The van der Waals surface area contributed by atoms with Crippen molar-refractivity contribution < 1.29 is 24.2 Å². The maximum atomic E-state index is 13.6. The number of carbonyl (C=O) groups excluding carboxylic acids is 2. The number of ether oxygens (including phenoxy) is 2. The van der Waals surface area contributed by atoms with Crippen LogP contribution in [0.2, 0.25) is 0 Å². The van der Waals surface area contributed by atoms with Gasteiger partial charge in [0.2, 0.25) is 0 Å². The van der Waals surface area contributed by atoms with Gasteiger partial charge in [-0.25, -0.2) is 0 Å². The second-order valence-corrected chi connectivity index (χ2v) is 8.82. The average molecular weight is 494 g/mol. The van der Waals surface area contributed by atoms with Crippen molar-refractivity contribution in [3.63, 3.8) is 0 Å². The molecule has 37 heavy (non-hydrogen) atoms. The predicted molar refractivity (Wildman–Crippen MR) is 144 cm³/mol. The highest BCUT2D eigenvalue weighted by Crippen LogP contribution is 2.44. The molecule has 1 unspecified atom stereocenters. The average Bonchev–Trinajstić information content (AvgIpc) is 3.21. The molecule has 186 valence electrons. The highest BCUT2D eigenvalue weighted by Gasteiger charge is 2.47. The monoisotopic (exact) mass is 493 g/mol. The standard InChI is InChI=1S/C31H27NO5/c1-3-17-37-24-14-8-12-22(19-24)32-28(21-11-6-13-23(18-21)36-2)27(30(34)31(32)35)29(33)26-16-7-10-20-9-4-5-15-25(20)26/h4-16,18-19,28,33H,3,17H2,1-2H3/b29-27-. The van der Waals surface area contributed by atoms with Gasteiger partial charge in [-0.15, -0.1) is 0 Å². The molecule has 1 heterocycles. The Bertz CT molecular complexity index is 1520. The molecule has 4 aromatic rings.